The van der Waals surface area contributed by atoms with E-state index in [4.69, 9.17) is 15.2 Å². The van der Waals surface area contributed by atoms with Gasteiger partial charge in [-0.2, -0.15) is 0 Å². The normalized spacial score (nSPS) is 26.9. The first kappa shape index (κ1) is 12.4. The molecule has 5 nitrogen and oxygen atoms in total. The third-order valence-corrected chi connectivity index (χ3v) is 2.50. The second kappa shape index (κ2) is 6.05. The van der Waals surface area contributed by atoms with Gasteiger partial charge in [-0.1, -0.05) is 0 Å². The molecule has 1 saturated carbocycles. The van der Waals surface area contributed by atoms with Crippen LogP contribution in [0.15, 0.2) is 0 Å². The molecule has 88 valence electrons. The van der Waals surface area contributed by atoms with Crippen molar-refractivity contribution in [2.45, 2.75) is 38.0 Å². The van der Waals surface area contributed by atoms with E-state index in [0.717, 1.165) is 12.8 Å². The van der Waals surface area contributed by atoms with Gasteiger partial charge in [0.25, 0.3) is 0 Å². The number of carbonyl (C=O) groups is 1. The lowest BCUT2D eigenvalue weighted by Gasteiger charge is -2.33. The lowest BCUT2D eigenvalue weighted by atomic mass is 9.90. The van der Waals surface area contributed by atoms with Crippen LogP contribution < -0.4 is 11.1 Å². The van der Waals surface area contributed by atoms with E-state index in [0.29, 0.717) is 13.2 Å². The summed E-state index contributed by atoms with van der Waals surface area (Å²) in [5, 5.41) is 2.73. The molecule has 1 amide bonds. The molecule has 0 radical (unpaired) electrons. The smallest absolute Gasteiger partial charge is 0.248 e. The second-order valence-corrected chi connectivity index (χ2v) is 3.92. The van der Waals surface area contributed by atoms with Crippen LogP contribution in [0.1, 0.15) is 19.8 Å². The van der Waals surface area contributed by atoms with Crippen molar-refractivity contribution in [2.75, 3.05) is 20.3 Å². The molecule has 1 fully saturated rings. The van der Waals surface area contributed by atoms with E-state index in [1.807, 2.05) is 0 Å². The Morgan fingerprint density at radius 2 is 2.27 bits per heavy atom. The van der Waals surface area contributed by atoms with Crippen LogP contribution in [0.4, 0.5) is 0 Å². The molecule has 1 atom stereocenters. The van der Waals surface area contributed by atoms with Crippen molar-refractivity contribution >= 4 is 5.91 Å². The number of nitrogens with two attached hydrogens (primary N) is 1. The summed E-state index contributed by atoms with van der Waals surface area (Å²) in [7, 11) is 1.60. The molecule has 1 aliphatic carbocycles. The summed E-state index contributed by atoms with van der Waals surface area (Å²) in [4.78, 5) is 11.5. The van der Waals surface area contributed by atoms with Gasteiger partial charge in [-0.25, -0.2) is 0 Å². The van der Waals surface area contributed by atoms with Crippen LogP contribution in [0, 0.1) is 0 Å². The second-order valence-electron chi connectivity index (χ2n) is 3.92. The highest BCUT2D eigenvalue weighted by Gasteiger charge is 2.29. The van der Waals surface area contributed by atoms with E-state index in [9.17, 15) is 4.79 Å². The van der Waals surface area contributed by atoms with Gasteiger partial charge in [0.15, 0.2) is 0 Å². The molecule has 3 N–H and O–H groups in total. The van der Waals surface area contributed by atoms with Gasteiger partial charge in [0.05, 0.1) is 12.7 Å². The number of nitrogens with one attached hydrogen (secondary N) is 1. The summed E-state index contributed by atoms with van der Waals surface area (Å²) in [5.41, 5.74) is 5.62. The first-order valence-electron chi connectivity index (χ1n) is 5.31. The van der Waals surface area contributed by atoms with Crippen LogP contribution >= 0.6 is 0 Å². The van der Waals surface area contributed by atoms with E-state index in [-0.39, 0.29) is 18.1 Å². The molecule has 1 rings (SSSR count). The molecule has 0 heterocycles. The fraction of sp³-hybridized carbons (Fsp3) is 0.900. The fourth-order valence-corrected chi connectivity index (χ4v) is 1.49. The summed E-state index contributed by atoms with van der Waals surface area (Å²) in [6, 6.07) is 0.249. The minimum atomic E-state index is -0.403. The maximum atomic E-state index is 11.5. The molecule has 0 aliphatic heterocycles. The summed E-state index contributed by atoms with van der Waals surface area (Å²) in [5.74, 6) is -0.0903. The number of ether oxygens (including phenoxy) is 2. The quantitative estimate of drug-likeness (QED) is 0.595. The molecule has 0 aromatic rings. The Kier molecular flexibility index (Phi) is 5.01. The Labute approximate surface area is 90.3 Å². The minimum absolute atomic E-state index is 0.0903. The number of amides is 1. The van der Waals surface area contributed by atoms with Gasteiger partial charge in [-0.3, -0.25) is 4.79 Å². The van der Waals surface area contributed by atoms with Crippen molar-refractivity contribution in [3.05, 3.63) is 0 Å². The van der Waals surface area contributed by atoms with Gasteiger partial charge in [-0.15, -0.1) is 0 Å². The molecule has 0 bridgehead atoms. The highest BCUT2D eigenvalue weighted by Crippen LogP contribution is 2.22. The molecule has 0 saturated heterocycles. The largest absolute Gasteiger partial charge is 0.383 e. The zero-order chi connectivity index (χ0) is 11.3. The molecule has 15 heavy (non-hydrogen) atoms. The van der Waals surface area contributed by atoms with Crippen LogP contribution in [0.5, 0.6) is 0 Å². The third kappa shape index (κ3) is 4.15. The first-order chi connectivity index (χ1) is 7.13. The predicted molar refractivity (Wildman–Crippen MR) is 56.4 cm³/mol. The third-order valence-electron chi connectivity index (χ3n) is 2.50. The van der Waals surface area contributed by atoms with E-state index in [1.165, 1.54) is 0 Å². The topological polar surface area (TPSA) is 73.6 Å². The zero-order valence-electron chi connectivity index (χ0n) is 9.36. The SMILES string of the molecule is COCCNC(=O)C(C)OC1CC(N)C1. The Bertz CT molecular complexity index is 205. The Hall–Kier alpha value is -0.650. The van der Waals surface area contributed by atoms with Crippen molar-refractivity contribution < 1.29 is 14.3 Å². The van der Waals surface area contributed by atoms with Crippen LogP contribution in [-0.2, 0) is 14.3 Å². The van der Waals surface area contributed by atoms with Gasteiger partial charge in [0, 0.05) is 19.7 Å². The standard InChI is InChI=1S/C10H20N2O3/c1-7(10(13)12-3-4-14-2)15-9-5-8(11)6-9/h7-9H,3-6,11H2,1-2H3,(H,12,13). The number of carbonyl (C=O) groups excluding carboxylic acids is 1. The average molecular weight is 216 g/mol. The van der Waals surface area contributed by atoms with Gasteiger partial charge in [0.1, 0.15) is 6.10 Å². The fourth-order valence-electron chi connectivity index (χ4n) is 1.49. The predicted octanol–water partition coefficient (Wildman–Crippen LogP) is -0.356. The molecule has 5 heteroatoms. The van der Waals surface area contributed by atoms with Crippen molar-refractivity contribution in [3.63, 3.8) is 0 Å². The summed E-state index contributed by atoms with van der Waals surface area (Å²) in [6.45, 7) is 2.80. The van der Waals surface area contributed by atoms with Crippen molar-refractivity contribution in [1.29, 1.82) is 0 Å². The van der Waals surface area contributed by atoms with Crippen LogP contribution in [0.25, 0.3) is 0 Å². The Balaban J connectivity index is 2.10. The lowest BCUT2D eigenvalue weighted by molar-refractivity contribution is -0.139. The maximum absolute atomic E-state index is 11.5. The van der Waals surface area contributed by atoms with Gasteiger partial charge < -0.3 is 20.5 Å². The van der Waals surface area contributed by atoms with Crippen LogP contribution in [0.3, 0.4) is 0 Å². The highest BCUT2D eigenvalue weighted by atomic mass is 16.5. The molecule has 1 aliphatic rings. The van der Waals surface area contributed by atoms with Crippen molar-refractivity contribution in [2.24, 2.45) is 5.73 Å². The van der Waals surface area contributed by atoms with Crippen molar-refractivity contribution in [1.82, 2.24) is 5.32 Å². The maximum Gasteiger partial charge on any atom is 0.248 e. The summed E-state index contributed by atoms with van der Waals surface area (Å²) >= 11 is 0. The molecule has 0 spiro atoms. The molecular formula is C10H20N2O3. The number of rotatable bonds is 6. The molecule has 0 aromatic carbocycles. The number of methoxy groups -OCH3 is 1. The van der Waals surface area contributed by atoms with Crippen LogP contribution in [-0.4, -0.2) is 44.4 Å². The Morgan fingerprint density at radius 3 is 2.80 bits per heavy atom. The zero-order valence-corrected chi connectivity index (χ0v) is 9.36. The molecular weight excluding hydrogens is 196 g/mol. The van der Waals surface area contributed by atoms with Gasteiger partial charge >= 0.3 is 0 Å². The first-order valence-corrected chi connectivity index (χ1v) is 5.31. The monoisotopic (exact) mass is 216 g/mol. The van der Waals surface area contributed by atoms with E-state index >= 15 is 0 Å². The van der Waals surface area contributed by atoms with E-state index < -0.39 is 6.10 Å². The summed E-state index contributed by atoms with van der Waals surface area (Å²) < 4.78 is 10.3. The van der Waals surface area contributed by atoms with Crippen LogP contribution in [0.2, 0.25) is 0 Å². The van der Waals surface area contributed by atoms with Crippen molar-refractivity contribution in [3.8, 4) is 0 Å². The van der Waals surface area contributed by atoms with E-state index in [2.05, 4.69) is 5.32 Å². The molecule has 1 unspecified atom stereocenters. The summed E-state index contributed by atoms with van der Waals surface area (Å²) in [6.07, 6.45) is 1.47. The molecule has 0 aromatic heterocycles. The highest BCUT2D eigenvalue weighted by molar-refractivity contribution is 5.80. The Morgan fingerprint density at radius 1 is 1.60 bits per heavy atom. The minimum Gasteiger partial charge on any atom is -0.383 e. The number of hydrogen-bond acceptors (Lipinski definition) is 4. The number of hydrogen-bond donors (Lipinski definition) is 2. The van der Waals surface area contributed by atoms with Gasteiger partial charge in [-0.05, 0) is 19.8 Å². The lowest BCUT2D eigenvalue weighted by Crippen LogP contribution is -2.46. The van der Waals surface area contributed by atoms with E-state index in [1.54, 1.807) is 14.0 Å². The average Bonchev–Trinajstić information content (AvgIpc) is 2.15. The van der Waals surface area contributed by atoms with Gasteiger partial charge in [0.2, 0.25) is 5.91 Å².